The molecule has 0 aromatic rings. The van der Waals surface area contributed by atoms with E-state index in [4.69, 9.17) is 5.11 Å². The molecule has 1 aliphatic carbocycles. The monoisotopic (exact) mass is 302 g/mol. The minimum absolute atomic E-state index is 0.101. The Hall–Kier alpha value is -1.90. The molecule has 0 fully saturated rings. The van der Waals surface area contributed by atoms with Crippen LogP contribution in [-0.4, -0.2) is 16.9 Å². The molecule has 0 aliphatic heterocycles. The minimum atomic E-state index is -0.752. The van der Waals surface area contributed by atoms with Gasteiger partial charge in [0.05, 0.1) is 0 Å². The lowest BCUT2D eigenvalue weighted by atomic mass is 9.97. The zero-order valence-corrected chi connectivity index (χ0v) is 13.3. The number of allylic oxidation sites excluding steroid dienone is 8. The van der Waals surface area contributed by atoms with Gasteiger partial charge < -0.3 is 5.11 Å². The van der Waals surface area contributed by atoms with Crippen molar-refractivity contribution >= 4 is 11.8 Å². The number of hydrogen-bond acceptors (Lipinski definition) is 2. The van der Waals surface area contributed by atoms with E-state index in [2.05, 4.69) is 13.0 Å². The van der Waals surface area contributed by atoms with Crippen LogP contribution in [0.2, 0.25) is 0 Å². The van der Waals surface area contributed by atoms with E-state index in [0.717, 1.165) is 24.8 Å². The van der Waals surface area contributed by atoms with Crippen molar-refractivity contribution in [2.75, 3.05) is 0 Å². The Balaban J connectivity index is 2.40. The summed E-state index contributed by atoms with van der Waals surface area (Å²) in [5, 5.41) is 8.56. The van der Waals surface area contributed by atoms with E-state index >= 15 is 0 Å². The first-order valence-corrected chi connectivity index (χ1v) is 8.11. The number of aliphatic carboxylic acids is 1. The Kier molecular flexibility index (Phi) is 8.89. The molecule has 1 aliphatic rings. The highest BCUT2D eigenvalue weighted by Crippen LogP contribution is 2.25. The fourth-order valence-electron chi connectivity index (χ4n) is 2.32. The SMILES string of the molecule is CCCC/C=C/C=C1\C(=O)C=C[C@H]1C/C=C\CCCC(=O)O. The number of rotatable bonds is 10. The lowest BCUT2D eigenvalue weighted by molar-refractivity contribution is -0.137. The molecule has 0 saturated heterocycles. The number of hydrogen-bond donors (Lipinski definition) is 1. The first kappa shape index (κ1) is 18.1. The number of carbonyl (C=O) groups is 2. The summed E-state index contributed by atoms with van der Waals surface area (Å²) in [6.07, 6.45) is 19.5. The van der Waals surface area contributed by atoms with Gasteiger partial charge in [-0.2, -0.15) is 0 Å². The molecular formula is C19H26O3. The molecule has 22 heavy (non-hydrogen) atoms. The molecule has 0 amide bonds. The Labute approximate surface area is 133 Å². The molecule has 0 bridgehead atoms. The lowest BCUT2D eigenvalue weighted by Gasteiger charge is -2.06. The summed E-state index contributed by atoms with van der Waals surface area (Å²) in [6, 6.07) is 0. The second-order valence-electron chi connectivity index (χ2n) is 5.52. The van der Waals surface area contributed by atoms with Crippen molar-refractivity contribution in [1.29, 1.82) is 0 Å². The highest BCUT2D eigenvalue weighted by Gasteiger charge is 2.20. The van der Waals surface area contributed by atoms with Crippen molar-refractivity contribution in [3.63, 3.8) is 0 Å². The van der Waals surface area contributed by atoms with Gasteiger partial charge in [0, 0.05) is 17.9 Å². The van der Waals surface area contributed by atoms with Crippen molar-refractivity contribution < 1.29 is 14.7 Å². The molecule has 0 saturated carbocycles. The maximum Gasteiger partial charge on any atom is 0.303 e. The van der Waals surface area contributed by atoms with Crippen LogP contribution in [0.25, 0.3) is 0 Å². The third-order valence-electron chi connectivity index (χ3n) is 3.62. The van der Waals surface area contributed by atoms with Gasteiger partial charge in [-0.25, -0.2) is 0 Å². The van der Waals surface area contributed by atoms with Crippen LogP contribution in [0, 0.1) is 5.92 Å². The van der Waals surface area contributed by atoms with Crippen LogP contribution in [0.4, 0.5) is 0 Å². The molecule has 3 nitrogen and oxygen atoms in total. The summed E-state index contributed by atoms with van der Waals surface area (Å²) < 4.78 is 0. The molecule has 3 heteroatoms. The largest absolute Gasteiger partial charge is 0.481 e. The normalized spacial score (nSPS) is 20.0. The van der Waals surface area contributed by atoms with E-state index in [1.54, 1.807) is 6.08 Å². The van der Waals surface area contributed by atoms with Crippen LogP contribution in [0.1, 0.15) is 51.9 Å². The van der Waals surface area contributed by atoms with Crippen LogP contribution >= 0.6 is 0 Å². The standard InChI is InChI=1S/C19H26O3/c1-2-3-4-5-9-12-17-16(14-15-18(17)20)11-8-6-7-10-13-19(21)22/h5-6,8-9,12,14-16H,2-4,7,10-11,13H2,1H3,(H,21,22)/b8-6-,9-5+,17-12-/t16-/m1/s1. The zero-order valence-electron chi connectivity index (χ0n) is 13.3. The summed E-state index contributed by atoms with van der Waals surface area (Å²) in [7, 11) is 0. The van der Waals surface area contributed by atoms with E-state index in [0.29, 0.717) is 6.42 Å². The molecule has 1 N–H and O–H groups in total. The molecule has 1 atom stereocenters. The smallest absolute Gasteiger partial charge is 0.303 e. The summed E-state index contributed by atoms with van der Waals surface area (Å²) >= 11 is 0. The average Bonchev–Trinajstić information content (AvgIpc) is 2.83. The third kappa shape index (κ3) is 7.21. The van der Waals surface area contributed by atoms with E-state index in [1.807, 2.05) is 30.4 Å². The Bertz CT molecular complexity index is 481. The predicted octanol–water partition coefficient (Wildman–Crippen LogP) is 4.62. The van der Waals surface area contributed by atoms with Gasteiger partial charge in [-0.1, -0.05) is 56.2 Å². The van der Waals surface area contributed by atoms with E-state index in [9.17, 15) is 9.59 Å². The quantitative estimate of drug-likeness (QED) is 0.364. The molecule has 0 unspecified atom stereocenters. The maximum atomic E-state index is 11.8. The molecular weight excluding hydrogens is 276 g/mol. The number of carboxylic acid groups (broad SMARTS) is 1. The van der Waals surface area contributed by atoms with Crippen LogP contribution in [0.3, 0.4) is 0 Å². The number of ketones is 1. The van der Waals surface area contributed by atoms with Crippen molar-refractivity contribution in [2.45, 2.75) is 51.9 Å². The zero-order chi connectivity index (χ0) is 16.2. The molecule has 120 valence electrons. The summed E-state index contributed by atoms with van der Waals surface area (Å²) in [4.78, 5) is 22.2. The Morgan fingerprint density at radius 1 is 1.23 bits per heavy atom. The van der Waals surface area contributed by atoms with Gasteiger partial charge in [0.15, 0.2) is 5.78 Å². The highest BCUT2D eigenvalue weighted by molar-refractivity contribution is 6.07. The van der Waals surface area contributed by atoms with Gasteiger partial charge >= 0.3 is 5.97 Å². The van der Waals surface area contributed by atoms with Crippen LogP contribution < -0.4 is 0 Å². The van der Waals surface area contributed by atoms with Gasteiger partial charge in [0.25, 0.3) is 0 Å². The highest BCUT2D eigenvalue weighted by atomic mass is 16.4. The van der Waals surface area contributed by atoms with Gasteiger partial charge in [0.1, 0.15) is 0 Å². The van der Waals surface area contributed by atoms with Crippen LogP contribution in [0.5, 0.6) is 0 Å². The molecule has 0 aromatic carbocycles. The average molecular weight is 302 g/mol. The van der Waals surface area contributed by atoms with Crippen LogP contribution in [0.15, 0.2) is 48.1 Å². The predicted molar refractivity (Wildman–Crippen MR) is 89.6 cm³/mol. The topological polar surface area (TPSA) is 54.4 Å². The second-order valence-corrected chi connectivity index (χ2v) is 5.52. The summed E-state index contributed by atoms with van der Waals surface area (Å²) in [5.74, 6) is -0.499. The molecule has 1 rings (SSSR count). The van der Waals surface area contributed by atoms with Gasteiger partial charge in [-0.15, -0.1) is 0 Å². The Morgan fingerprint density at radius 3 is 2.73 bits per heavy atom. The van der Waals surface area contributed by atoms with Crippen molar-refractivity contribution in [1.82, 2.24) is 0 Å². The van der Waals surface area contributed by atoms with Crippen molar-refractivity contribution in [3.05, 3.63) is 48.1 Å². The van der Waals surface area contributed by atoms with Crippen molar-refractivity contribution in [3.8, 4) is 0 Å². The number of unbranched alkanes of at least 4 members (excludes halogenated alkanes) is 3. The second kappa shape index (κ2) is 10.8. The van der Waals surface area contributed by atoms with Gasteiger partial charge in [-0.05, 0) is 31.8 Å². The molecule has 0 spiro atoms. The first-order chi connectivity index (χ1) is 10.6. The van der Waals surface area contributed by atoms with Gasteiger partial charge in [-0.3, -0.25) is 9.59 Å². The van der Waals surface area contributed by atoms with Gasteiger partial charge in [0.2, 0.25) is 0 Å². The summed E-state index contributed by atoms with van der Waals surface area (Å²) in [6.45, 7) is 2.16. The maximum absolute atomic E-state index is 11.8. The lowest BCUT2D eigenvalue weighted by Crippen LogP contribution is -2.01. The third-order valence-corrected chi connectivity index (χ3v) is 3.62. The number of carboxylic acids is 1. The fraction of sp³-hybridized carbons (Fsp3) is 0.474. The minimum Gasteiger partial charge on any atom is -0.481 e. The molecule has 0 radical (unpaired) electrons. The summed E-state index contributed by atoms with van der Waals surface area (Å²) in [5.41, 5.74) is 0.850. The Morgan fingerprint density at radius 2 is 2.00 bits per heavy atom. The number of carbonyl (C=O) groups excluding carboxylic acids is 1. The fourth-order valence-corrected chi connectivity index (χ4v) is 2.32. The van der Waals surface area contributed by atoms with E-state index in [1.165, 1.54) is 12.8 Å². The molecule has 0 heterocycles. The van der Waals surface area contributed by atoms with E-state index < -0.39 is 5.97 Å². The van der Waals surface area contributed by atoms with E-state index in [-0.39, 0.29) is 18.1 Å². The molecule has 0 aromatic heterocycles. The first-order valence-electron chi connectivity index (χ1n) is 8.11. The van der Waals surface area contributed by atoms with Crippen LogP contribution in [-0.2, 0) is 9.59 Å². The van der Waals surface area contributed by atoms with Crippen molar-refractivity contribution in [2.24, 2.45) is 5.92 Å².